The fraction of sp³-hybridized carbons (Fsp3) is 0.333. The summed E-state index contributed by atoms with van der Waals surface area (Å²) in [6.07, 6.45) is 3.11. The number of phenolic OH excluding ortho intramolecular Hbond substituents is 1. The normalized spacial score (nSPS) is 20.6. The number of amides is 4. The molecule has 198 valence electrons. The van der Waals surface area contributed by atoms with Gasteiger partial charge < -0.3 is 35.9 Å². The summed E-state index contributed by atoms with van der Waals surface area (Å²) in [6, 6.07) is 2.27. The predicted octanol–water partition coefficient (Wildman–Crippen LogP) is -3.36. The van der Waals surface area contributed by atoms with Crippen molar-refractivity contribution in [3.05, 3.63) is 63.5 Å². The van der Waals surface area contributed by atoms with Gasteiger partial charge in [0.15, 0.2) is 0 Å². The van der Waals surface area contributed by atoms with Crippen LogP contribution >= 0.6 is 11.8 Å². The molecule has 0 radical (unpaired) electrons. The molecule has 3 atom stereocenters. The van der Waals surface area contributed by atoms with Crippen LogP contribution < -0.4 is 56.2 Å². The third kappa shape index (κ3) is 5.83. The molecule has 13 nitrogen and oxygen atoms in total. The molecule has 1 aromatic carbocycles. The van der Waals surface area contributed by atoms with E-state index in [2.05, 4.69) is 25.9 Å². The molecule has 1 saturated carbocycles. The van der Waals surface area contributed by atoms with E-state index in [0.29, 0.717) is 17.2 Å². The van der Waals surface area contributed by atoms with Gasteiger partial charge in [0.05, 0.1) is 17.9 Å². The maximum atomic E-state index is 13.3. The van der Waals surface area contributed by atoms with Crippen LogP contribution in [-0.4, -0.2) is 61.0 Å². The van der Waals surface area contributed by atoms with Crippen molar-refractivity contribution in [3.63, 3.8) is 0 Å². The molecule has 4 amide bonds. The van der Waals surface area contributed by atoms with Crippen molar-refractivity contribution in [1.29, 1.82) is 0 Å². The number of fused-ring (bicyclic) bond motifs is 1. The number of carboxylic acid groups (broad SMARTS) is 1. The van der Waals surface area contributed by atoms with Crippen LogP contribution in [0.5, 0.6) is 5.75 Å². The number of rotatable bonds is 7. The second kappa shape index (κ2) is 11.4. The number of carbonyl (C=O) groups is 4. The number of nitrogens with one attached hydrogen (secondary N) is 4. The second-order valence-corrected chi connectivity index (χ2v) is 10.3. The van der Waals surface area contributed by atoms with Gasteiger partial charge in [-0.25, -0.2) is 9.78 Å². The van der Waals surface area contributed by atoms with Crippen molar-refractivity contribution in [2.75, 3.05) is 11.1 Å². The SMILES string of the molecule is CC1=C(C(=O)[O-])N2C(=O)C(NC(=O)[C@H](NC(=O)Nc3cnc(C4CC4)[nH]c3=O)c3ccc(O)cc3)[C@H]2SC1.[Na+]. The molecular weight excluding hydrogens is 539 g/mol. The van der Waals surface area contributed by atoms with Gasteiger partial charge in [-0.3, -0.25) is 19.3 Å². The summed E-state index contributed by atoms with van der Waals surface area (Å²) >= 11 is 1.29. The van der Waals surface area contributed by atoms with E-state index < -0.39 is 46.8 Å². The van der Waals surface area contributed by atoms with E-state index in [0.717, 1.165) is 17.7 Å². The number of thioether (sulfide) groups is 1. The molecule has 15 heteroatoms. The number of hydrogen-bond acceptors (Lipinski definition) is 9. The summed E-state index contributed by atoms with van der Waals surface area (Å²) < 4.78 is 0. The van der Waals surface area contributed by atoms with E-state index in [1.54, 1.807) is 6.92 Å². The largest absolute Gasteiger partial charge is 1.00 e. The predicted molar refractivity (Wildman–Crippen MR) is 133 cm³/mol. The number of nitrogens with zero attached hydrogens (tertiary/aromatic N) is 2. The number of aromatic hydroxyl groups is 1. The number of carboxylic acids is 1. The summed E-state index contributed by atoms with van der Waals surface area (Å²) in [7, 11) is 0. The number of β-lactam (4-membered cyclic amide) rings is 1. The van der Waals surface area contributed by atoms with E-state index in [4.69, 9.17) is 0 Å². The average molecular weight is 563 g/mol. The van der Waals surface area contributed by atoms with Crippen LogP contribution in [0.25, 0.3) is 0 Å². The first-order chi connectivity index (χ1) is 18.1. The van der Waals surface area contributed by atoms with Crippen molar-refractivity contribution < 1.29 is 58.9 Å². The zero-order valence-corrected chi connectivity index (χ0v) is 23.8. The van der Waals surface area contributed by atoms with Crippen LogP contribution in [0.4, 0.5) is 10.5 Å². The first-order valence-corrected chi connectivity index (χ1v) is 12.8. The first-order valence-electron chi connectivity index (χ1n) is 11.8. The summed E-state index contributed by atoms with van der Waals surface area (Å²) in [6.45, 7) is 1.59. The molecular formula is C24H23N6NaO7S. The van der Waals surface area contributed by atoms with Crippen molar-refractivity contribution in [2.24, 2.45) is 0 Å². The molecule has 3 aliphatic rings. The topological polar surface area (TPSA) is 197 Å². The van der Waals surface area contributed by atoms with Gasteiger partial charge in [-0.05, 0) is 43.0 Å². The van der Waals surface area contributed by atoms with Crippen LogP contribution in [-0.2, 0) is 14.4 Å². The fourth-order valence-corrected chi connectivity index (χ4v) is 5.61. The van der Waals surface area contributed by atoms with Crippen molar-refractivity contribution in [1.82, 2.24) is 25.5 Å². The van der Waals surface area contributed by atoms with E-state index in [9.17, 15) is 34.2 Å². The molecule has 39 heavy (non-hydrogen) atoms. The standard InChI is InChI=1S/C24H24N6O7S.Na/c1-10-9-38-22-16(21(34)30(22)17(10)23(35)36)27-20(33)15(11-4-6-13(31)7-5-11)28-24(37)26-14-8-25-18(12-2-3-12)29-19(14)32;/h4-8,12,15-16,22,31H,2-3,9H2,1H3,(H,27,33)(H,35,36)(H,25,29,32)(H2,26,28,37);/q;+1/p-1/t15-,16?,22-;/m1./s1. The number of phenols is 1. The molecule has 1 aliphatic carbocycles. The molecule has 1 aromatic heterocycles. The van der Waals surface area contributed by atoms with Gasteiger partial charge in [0, 0.05) is 11.7 Å². The number of aromatic amines is 1. The summed E-state index contributed by atoms with van der Waals surface area (Å²) in [4.78, 5) is 70.6. The van der Waals surface area contributed by atoms with Crippen molar-refractivity contribution in [2.45, 2.75) is 43.1 Å². The molecule has 0 bridgehead atoms. The molecule has 5 rings (SSSR count). The number of anilines is 1. The molecule has 3 heterocycles. The number of aliphatic carboxylic acids is 1. The number of aromatic nitrogens is 2. The minimum atomic E-state index is -1.47. The molecule has 2 aliphatic heterocycles. The average Bonchev–Trinajstić information content (AvgIpc) is 3.73. The van der Waals surface area contributed by atoms with Gasteiger partial charge in [0.1, 0.15) is 34.7 Å². The molecule has 1 unspecified atom stereocenters. The maximum absolute atomic E-state index is 13.3. The molecule has 2 aromatic rings. The van der Waals surface area contributed by atoms with Gasteiger partial charge in [0.2, 0.25) is 5.91 Å². The van der Waals surface area contributed by atoms with Gasteiger partial charge >= 0.3 is 35.6 Å². The minimum Gasteiger partial charge on any atom is -0.543 e. The molecule has 0 spiro atoms. The third-order valence-corrected chi connectivity index (χ3v) is 7.87. The maximum Gasteiger partial charge on any atom is 1.00 e. The van der Waals surface area contributed by atoms with E-state index in [1.165, 1.54) is 42.2 Å². The Kier molecular flexibility index (Phi) is 8.39. The monoisotopic (exact) mass is 562 g/mol. The van der Waals surface area contributed by atoms with Gasteiger partial charge in [-0.1, -0.05) is 12.1 Å². The summed E-state index contributed by atoms with van der Waals surface area (Å²) in [5.41, 5.74) is -0.0817. The number of benzene rings is 1. The van der Waals surface area contributed by atoms with Crippen LogP contribution in [0, 0.1) is 0 Å². The van der Waals surface area contributed by atoms with Crippen LogP contribution in [0.3, 0.4) is 0 Å². The van der Waals surface area contributed by atoms with Crippen LogP contribution in [0.2, 0.25) is 0 Å². The Bertz CT molecular complexity index is 1420. The molecule has 2 fully saturated rings. The Morgan fingerprint density at radius 1 is 1.21 bits per heavy atom. The van der Waals surface area contributed by atoms with Crippen LogP contribution in [0.15, 0.2) is 46.5 Å². The van der Waals surface area contributed by atoms with Gasteiger partial charge in [-0.15, -0.1) is 11.8 Å². The van der Waals surface area contributed by atoms with Crippen molar-refractivity contribution >= 4 is 41.3 Å². The Labute approximate surface area is 248 Å². The number of hydrogen-bond donors (Lipinski definition) is 5. The number of urea groups is 1. The second-order valence-electron chi connectivity index (χ2n) is 9.22. The Morgan fingerprint density at radius 3 is 2.51 bits per heavy atom. The van der Waals surface area contributed by atoms with Crippen LogP contribution in [0.1, 0.15) is 43.1 Å². The zero-order valence-electron chi connectivity index (χ0n) is 21.0. The zero-order chi connectivity index (χ0) is 27.1. The first kappa shape index (κ1) is 28.7. The van der Waals surface area contributed by atoms with Gasteiger partial charge in [0.25, 0.3) is 11.5 Å². The van der Waals surface area contributed by atoms with E-state index >= 15 is 0 Å². The molecule has 5 N–H and O–H groups in total. The minimum absolute atomic E-state index is 0. The van der Waals surface area contributed by atoms with Crippen molar-refractivity contribution in [3.8, 4) is 5.75 Å². The van der Waals surface area contributed by atoms with E-state index in [1.807, 2.05) is 0 Å². The number of H-pyrrole nitrogens is 1. The summed E-state index contributed by atoms with van der Waals surface area (Å²) in [5, 5.41) is 28.0. The smallest absolute Gasteiger partial charge is 0.543 e. The quantitative estimate of drug-likeness (QED) is 0.169. The fourth-order valence-electron chi connectivity index (χ4n) is 4.32. The Hall–Kier alpha value is -3.33. The summed E-state index contributed by atoms with van der Waals surface area (Å²) in [5.74, 6) is -1.80. The Balaban J connectivity index is 0.00000353. The third-order valence-electron chi connectivity index (χ3n) is 6.45. The molecule has 1 saturated heterocycles. The van der Waals surface area contributed by atoms with E-state index in [-0.39, 0.29) is 58.2 Å². The number of carbonyl (C=O) groups excluding carboxylic acids is 4. The Morgan fingerprint density at radius 2 is 1.90 bits per heavy atom. The van der Waals surface area contributed by atoms with Gasteiger partial charge in [-0.2, -0.15) is 0 Å².